The number of rotatable bonds is 2. The van der Waals surface area contributed by atoms with Gasteiger partial charge >= 0.3 is 0 Å². The van der Waals surface area contributed by atoms with Crippen molar-refractivity contribution in [2.45, 2.75) is 33.1 Å². The lowest BCUT2D eigenvalue weighted by Gasteiger charge is -2.08. The number of hydrogen-bond acceptors (Lipinski definition) is 1. The van der Waals surface area contributed by atoms with Gasteiger partial charge < -0.3 is 5.11 Å². The number of benzene rings is 1. The summed E-state index contributed by atoms with van der Waals surface area (Å²) < 4.78 is 0. The molecular weight excluding hydrogens is 172 g/mol. The van der Waals surface area contributed by atoms with Crippen LogP contribution in [0.5, 0.6) is 0 Å². The summed E-state index contributed by atoms with van der Waals surface area (Å²) in [7, 11) is 0. The monoisotopic (exact) mass is 190 g/mol. The maximum Gasteiger partial charge on any atom is 0.0490 e. The Bertz CT molecular complexity index is 336. The molecule has 0 amide bonds. The van der Waals surface area contributed by atoms with Gasteiger partial charge in [-0.05, 0) is 37.2 Å². The molecule has 1 N–H and O–H groups in total. The van der Waals surface area contributed by atoms with Gasteiger partial charge in [-0.1, -0.05) is 36.2 Å². The van der Waals surface area contributed by atoms with Crippen LogP contribution in [0, 0.1) is 19.3 Å². The quantitative estimate of drug-likeness (QED) is 0.760. The molecule has 0 aromatic heterocycles. The minimum absolute atomic E-state index is 0.153. The van der Waals surface area contributed by atoms with Crippen molar-refractivity contribution in [1.82, 2.24) is 0 Å². The van der Waals surface area contributed by atoms with E-state index < -0.39 is 0 Å². The average molecular weight is 190 g/mol. The van der Waals surface area contributed by atoms with Crippen molar-refractivity contribution in [2.75, 3.05) is 6.61 Å². The van der Waals surface area contributed by atoms with E-state index >= 15 is 0 Å². The van der Waals surface area contributed by atoms with Gasteiger partial charge in [0.2, 0.25) is 0 Å². The van der Waals surface area contributed by atoms with Gasteiger partial charge in [0.15, 0.2) is 0 Å². The summed E-state index contributed by atoms with van der Waals surface area (Å²) in [5, 5.41) is 9.24. The maximum atomic E-state index is 9.24. The molecule has 0 saturated heterocycles. The van der Waals surface area contributed by atoms with E-state index in [9.17, 15) is 5.11 Å². The Labute approximate surface area is 85.8 Å². The Morgan fingerprint density at radius 1 is 1.29 bits per heavy atom. The highest BCUT2D eigenvalue weighted by molar-refractivity contribution is 5.36. The van der Waals surface area contributed by atoms with Crippen molar-refractivity contribution in [3.8, 4) is 0 Å². The summed E-state index contributed by atoms with van der Waals surface area (Å²) >= 11 is 0. The van der Waals surface area contributed by atoms with Crippen molar-refractivity contribution in [3.63, 3.8) is 0 Å². The zero-order valence-electron chi connectivity index (χ0n) is 9.17. The van der Waals surface area contributed by atoms with Crippen LogP contribution in [-0.4, -0.2) is 11.7 Å². The van der Waals surface area contributed by atoms with Gasteiger partial charge in [0, 0.05) is 6.61 Å². The summed E-state index contributed by atoms with van der Waals surface area (Å²) in [6.45, 7) is 6.74. The van der Waals surface area contributed by atoms with E-state index in [1.165, 1.54) is 16.7 Å². The highest BCUT2D eigenvalue weighted by Crippen LogP contribution is 2.58. The van der Waals surface area contributed by atoms with Gasteiger partial charge in [0.1, 0.15) is 0 Å². The first-order chi connectivity index (χ1) is 6.55. The van der Waals surface area contributed by atoms with Crippen molar-refractivity contribution in [1.29, 1.82) is 0 Å². The lowest BCUT2D eigenvalue weighted by molar-refractivity contribution is 0.220. The molecule has 0 aliphatic heterocycles. The second-order valence-corrected chi connectivity index (χ2v) is 4.99. The number of aliphatic hydroxyl groups is 1. The van der Waals surface area contributed by atoms with Gasteiger partial charge in [0.25, 0.3) is 0 Å². The SMILES string of the molecule is Cc1cc(C)cc([C@H]2C[C@]2(C)CO)c1. The lowest BCUT2D eigenvalue weighted by atomic mass is 9.98. The first-order valence-corrected chi connectivity index (χ1v) is 5.24. The fourth-order valence-electron chi connectivity index (χ4n) is 2.31. The minimum atomic E-state index is 0.153. The zero-order valence-corrected chi connectivity index (χ0v) is 9.17. The Morgan fingerprint density at radius 3 is 2.29 bits per heavy atom. The molecule has 2 rings (SSSR count). The van der Waals surface area contributed by atoms with Crippen LogP contribution in [0.3, 0.4) is 0 Å². The third-order valence-electron chi connectivity index (χ3n) is 3.36. The minimum Gasteiger partial charge on any atom is -0.396 e. The molecule has 76 valence electrons. The van der Waals surface area contributed by atoms with Crippen molar-refractivity contribution in [3.05, 3.63) is 34.9 Å². The number of aliphatic hydroxyl groups excluding tert-OH is 1. The van der Waals surface area contributed by atoms with E-state index in [2.05, 4.69) is 39.0 Å². The molecule has 0 unspecified atom stereocenters. The zero-order chi connectivity index (χ0) is 10.3. The van der Waals surface area contributed by atoms with Gasteiger partial charge in [-0.15, -0.1) is 0 Å². The van der Waals surface area contributed by atoms with Crippen LogP contribution in [0.1, 0.15) is 36.0 Å². The van der Waals surface area contributed by atoms with Crippen LogP contribution in [0.4, 0.5) is 0 Å². The molecule has 0 bridgehead atoms. The Balaban J connectivity index is 2.27. The van der Waals surface area contributed by atoms with E-state index in [-0.39, 0.29) is 5.41 Å². The molecule has 14 heavy (non-hydrogen) atoms. The largest absolute Gasteiger partial charge is 0.396 e. The van der Waals surface area contributed by atoms with Crippen LogP contribution < -0.4 is 0 Å². The predicted molar refractivity (Wildman–Crippen MR) is 58.5 cm³/mol. The van der Waals surface area contributed by atoms with E-state index in [1.54, 1.807) is 0 Å². The van der Waals surface area contributed by atoms with Crippen LogP contribution in [0.2, 0.25) is 0 Å². The summed E-state index contributed by atoms with van der Waals surface area (Å²) in [5.41, 5.74) is 4.21. The van der Waals surface area contributed by atoms with Crippen LogP contribution in [0.25, 0.3) is 0 Å². The molecule has 1 aliphatic carbocycles. The lowest BCUT2D eigenvalue weighted by Crippen LogP contribution is -2.03. The average Bonchev–Trinajstić information content (AvgIpc) is 2.78. The summed E-state index contributed by atoms with van der Waals surface area (Å²) in [5.74, 6) is 0.575. The van der Waals surface area contributed by atoms with E-state index in [1.807, 2.05) is 0 Å². The molecule has 0 radical (unpaired) electrons. The van der Waals surface area contributed by atoms with E-state index in [4.69, 9.17) is 0 Å². The molecule has 1 fully saturated rings. The van der Waals surface area contributed by atoms with E-state index in [0.29, 0.717) is 12.5 Å². The molecule has 1 aliphatic rings. The standard InChI is InChI=1S/C13H18O/c1-9-4-10(2)6-11(5-9)12-7-13(12,3)8-14/h4-6,12,14H,7-8H2,1-3H3/t12-,13-/m1/s1. The molecular formula is C13H18O. The first-order valence-electron chi connectivity index (χ1n) is 5.24. The van der Waals surface area contributed by atoms with E-state index in [0.717, 1.165) is 6.42 Å². The normalized spacial score (nSPS) is 30.4. The summed E-state index contributed by atoms with van der Waals surface area (Å²) in [4.78, 5) is 0. The van der Waals surface area contributed by atoms with Gasteiger partial charge in [-0.2, -0.15) is 0 Å². The predicted octanol–water partition coefficient (Wildman–Crippen LogP) is 2.79. The van der Waals surface area contributed by atoms with Crippen molar-refractivity contribution in [2.24, 2.45) is 5.41 Å². The molecule has 0 spiro atoms. The molecule has 2 atom stereocenters. The Morgan fingerprint density at radius 2 is 1.86 bits per heavy atom. The number of hydrogen-bond donors (Lipinski definition) is 1. The highest BCUT2D eigenvalue weighted by Gasteiger charge is 2.50. The molecule has 0 heterocycles. The summed E-state index contributed by atoms with van der Waals surface area (Å²) in [6, 6.07) is 6.69. The smallest absolute Gasteiger partial charge is 0.0490 e. The fourth-order valence-corrected chi connectivity index (χ4v) is 2.31. The topological polar surface area (TPSA) is 20.2 Å². The third kappa shape index (κ3) is 1.57. The molecule has 1 saturated carbocycles. The molecule has 1 aromatic carbocycles. The van der Waals surface area contributed by atoms with Crippen molar-refractivity contribution < 1.29 is 5.11 Å². The van der Waals surface area contributed by atoms with Gasteiger partial charge in [-0.25, -0.2) is 0 Å². The molecule has 1 aromatic rings. The number of aryl methyl sites for hydroxylation is 2. The second kappa shape index (κ2) is 3.09. The molecule has 1 nitrogen and oxygen atoms in total. The second-order valence-electron chi connectivity index (χ2n) is 4.99. The third-order valence-corrected chi connectivity index (χ3v) is 3.36. The maximum absolute atomic E-state index is 9.24. The fraction of sp³-hybridized carbons (Fsp3) is 0.538. The first kappa shape index (κ1) is 9.72. The van der Waals surface area contributed by atoms with Gasteiger partial charge in [0.05, 0.1) is 0 Å². The van der Waals surface area contributed by atoms with Crippen LogP contribution >= 0.6 is 0 Å². The van der Waals surface area contributed by atoms with Crippen LogP contribution in [0.15, 0.2) is 18.2 Å². The highest BCUT2D eigenvalue weighted by atomic mass is 16.3. The Hall–Kier alpha value is -0.820. The van der Waals surface area contributed by atoms with Crippen LogP contribution in [-0.2, 0) is 0 Å². The van der Waals surface area contributed by atoms with Crippen molar-refractivity contribution >= 4 is 0 Å². The van der Waals surface area contributed by atoms with Gasteiger partial charge in [-0.3, -0.25) is 0 Å². The molecule has 1 heteroatoms. The Kier molecular flexibility index (Phi) is 2.15. The summed E-state index contributed by atoms with van der Waals surface area (Å²) in [6.07, 6.45) is 1.13.